The van der Waals surface area contributed by atoms with E-state index in [1.807, 2.05) is 31.3 Å². The minimum atomic E-state index is 0.861. The molecule has 0 aliphatic heterocycles. The van der Waals surface area contributed by atoms with E-state index in [-0.39, 0.29) is 0 Å². The number of nitrogens with two attached hydrogens (primary N) is 1. The molecule has 0 saturated heterocycles. The number of anilines is 1. The largest absolute Gasteiger partial charge is 0.399 e. The second-order valence-electron chi connectivity index (χ2n) is 5.00. The van der Waals surface area contributed by atoms with Crippen molar-refractivity contribution in [1.82, 2.24) is 9.88 Å². The van der Waals surface area contributed by atoms with Crippen LogP contribution in [0.2, 0.25) is 0 Å². The molecule has 0 spiro atoms. The van der Waals surface area contributed by atoms with Gasteiger partial charge >= 0.3 is 0 Å². The molecule has 0 radical (unpaired) electrons. The molecule has 0 saturated carbocycles. The van der Waals surface area contributed by atoms with Gasteiger partial charge in [-0.3, -0.25) is 4.98 Å². The van der Waals surface area contributed by atoms with Crippen LogP contribution in [0.5, 0.6) is 0 Å². The first-order valence-corrected chi connectivity index (χ1v) is 6.58. The second kappa shape index (κ2) is 6.34. The van der Waals surface area contributed by atoms with Crippen molar-refractivity contribution in [2.24, 2.45) is 0 Å². The van der Waals surface area contributed by atoms with Gasteiger partial charge in [-0.2, -0.15) is 0 Å². The van der Waals surface area contributed by atoms with Crippen molar-refractivity contribution in [2.75, 3.05) is 19.3 Å². The molecule has 3 nitrogen and oxygen atoms in total. The zero-order chi connectivity index (χ0) is 13.7. The number of nitrogen functional groups attached to an aromatic ring is 1. The lowest BCUT2D eigenvalue weighted by Gasteiger charge is -2.17. The van der Waals surface area contributed by atoms with Crippen LogP contribution in [0.3, 0.4) is 0 Å². The predicted molar refractivity (Wildman–Crippen MR) is 79.9 cm³/mol. The smallest absolute Gasteiger partial charge is 0.0416 e. The summed E-state index contributed by atoms with van der Waals surface area (Å²) in [5, 5.41) is 0. The molecule has 0 atom stereocenters. The molecule has 1 aromatic carbocycles. The third-order valence-electron chi connectivity index (χ3n) is 3.26. The van der Waals surface area contributed by atoms with Gasteiger partial charge in [-0.15, -0.1) is 0 Å². The fourth-order valence-corrected chi connectivity index (χ4v) is 2.08. The van der Waals surface area contributed by atoms with Crippen molar-refractivity contribution in [3.05, 3.63) is 59.4 Å². The maximum absolute atomic E-state index is 5.83. The van der Waals surface area contributed by atoms with E-state index in [0.717, 1.165) is 36.5 Å². The van der Waals surface area contributed by atoms with Crippen molar-refractivity contribution in [3.8, 4) is 0 Å². The van der Waals surface area contributed by atoms with E-state index in [9.17, 15) is 0 Å². The van der Waals surface area contributed by atoms with E-state index in [1.165, 1.54) is 5.56 Å². The van der Waals surface area contributed by atoms with Crippen LogP contribution >= 0.6 is 0 Å². The van der Waals surface area contributed by atoms with Crippen molar-refractivity contribution in [2.45, 2.75) is 19.9 Å². The van der Waals surface area contributed by atoms with Gasteiger partial charge in [-0.1, -0.05) is 18.2 Å². The molecular formula is C16H21N3. The summed E-state index contributed by atoms with van der Waals surface area (Å²) in [6, 6.07) is 12.3. The summed E-state index contributed by atoms with van der Waals surface area (Å²) in [6.45, 7) is 3.99. The molecule has 3 heteroatoms. The Morgan fingerprint density at radius 1 is 1.21 bits per heavy atom. The first-order valence-electron chi connectivity index (χ1n) is 6.58. The molecule has 2 aromatic rings. The van der Waals surface area contributed by atoms with Crippen LogP contribution < -0.4 is 5.73 Å². The van der Waals surface area contributed by atoms with E-state index in [0.29, 0.717) is 0 Å². The minimum absolute atomic E-state index is 0.861. The lowest BCUT2D eigenvalue weighted by Crippen LogP contribution is -2.21. The first kappa shape index (κ1) is 13.6. The summed E-state index contributed by atoms with van der Waals surface area (Å²) in [7, 11) is 2.13. The Balaban J connectivity index is 1.87. The zero-order valence-electron chi connectivity index (χ0n) is 11.6. The topological polar surface area (TPSA) is 42.2 Å². The summed E-state index contributed by atoms with van der Waals surface area (Å²) < 4.78 is 0. The molecule has 0 amide bonds. The van der Waals surface area contributed by atoms with Crippen molar-refractivity contribution in [1.29, 1.82) is 0 Å². The Bertz CT molecular complexity index is 523. The molecule has 2 N–H and O–H groups in total. The molecule has 2 rings (SSSR count). The molecule has 0 unspecified atom stereocenters. The fourth-order valence-electron chi connectivity index (χ4n) is 2.08. The molecule has 0 aliphatic carbocycles. The number of likely N-dealkylation sites (N-methyl/N-ethyl adjacent to an activating group) is 1. The number of pyridine rings is 1. The van der Waals surface area contributed by atoms with Crippen LogP contribution in [-0.2, 0) is 13.0 Å². The van der Waals surface area contributed by atoms with Crippen molar-refractivity contribution in [3.63, 3.8) is 0 Å². The van der Waals surface area contributed by atoms with E-state index in [2.05, 4.69) is 35.1 Å². The number of hydrogen-bond donors (Lipinski definition) is 1. The van der Waals surface area contributed by atoms with Crippen LogP contribution in [0.4, 0.5) is 5.69 Å². The molecule has 19 heavy (non-hydrogen) atoms. The van der Waals surface area contributed by atoms with Gasteiger partial charge in [0.05, 0.1) is 0 Å². The average molecular weight is 255 g/mol. The lowest BCUT2D eigenvalue weighted by atomic mass is 10.1. The first-order chi connectivity index (χ1) is 9.15. The average Bonchev–Trinajstić information content (AvgIpc) is 2.42. The molecular weight excluding hydrogens is 234 g/mol. The normalized spacial score (nSPS) is 10.9. The van der Waals surface area contributed by atoms with Crippen LogP contribution in [0.25, 0.3) is 0 Å². The van der Waals surface area contributed by atoms with Gasteiger partial charge in [0.25, 0.3) is 0 Å². The second-order valence-corrected chi connectivity index (χ2v) is 5.00. The fraction of sp³-hybridized carbons (Fsp3) is 0.312. The van der Waals surface area contributed by atoms with Gasteiger partial charge < -0.3 is 10.6 Å². The minimum Gasteiger partial charge on any atom is -0.399 e. The molecule has 0 bridgehead atoms. The molecule has 100 valence electrons. The summed E-state index contributed by atoms with van der Waals surface area (Å²) in [6.07, 6.45) is 2.82. The molecule has 0 aliphatic rings. The van der Waals surface area contributed by atoms with Gasteiger partial charge in [0, 0.05) is 37.1 Å². The number of benzene rings is 1. The highest BCUT2D eigenvalue weighted by Gasteiger charge is 2.03. The third-order valence-corrected chi connectivity index (χ3v) is 3.26. The zero-order valence-corrected chi connectivity index (χ0v) is 11.6. The van der Waals surface area contributed by atoms with Crippen LogP contribution in [0.1, 0.15) is 16.8 Å². The van der Waals surface area contributed by atoms with E-state index in [1.54, 1.807) is 0 Å². The molecule has 1 heterocycles. The summed E-state index contributed by atoms with van der Waals surface area (Å²) in [5.74, 6) is 0. The predicted octanol–water partition coefficient (Wildman–Crippen LogP) is 2.65. The lowest BCUT2D eigenvalue weighted by molar-refractivity contribution is 0.330. The highest BCUT2D eigenvalue weighted by atomic mass is 15.1. The maximum Gasteiger partial charge on any atom is 0.0416 e. The van der Waals surface area contributed by atoms with Gasteiger partial charge in [-0.05, 0) is 43.3 Å². The third kappa shape index (κ3) is 4.07. The van der Waals surface area contributed by atoms with Crippen LogP contribution in [0, 0.1) is 6.92 Å². The van der Waals surface area contributed by atoms with Gasteiger partial charge in [0.15, 0.2) is 0 Å². The highest BCUT2D eigenvalue weighted by molar-refractivity contribution is 5.47. The van der Waals surface area contributed by atoms with Crippen LogP contribution in [-0.4, -0.2) is 23.5 Å². The molecule has 1 aromatic heterocycles. The SMILES string of the molecule is Cc1cc(CN(C)CCc2ccccn2)ccc1N. The number of rotatable bonds is 5. The van der Waals surface area contributed by atoms with Crippen molar-refractivity contribution < 1.29 is 0 Å². The van der Waals surface area contributed by atoms with E-state index < -0.39 is 0 Å². The number of aryl methyl sites for hydroxylation is 1. The standard InChI is InChI=1S/C16H21N3/c1-13-11-14(6-7-16(13)17)12-19(2)10-8-15-5-3-4-9-18-15/h3-7,9,11H,8,10,12,17H2,1-2H3. The summed E-state index contributed by atoms with van der Waals surface area (Å²) in [4.78, 5) is 6.65. The highest BCUT2D eigenvalue weighted by Crippen LogP contribution is 2.14. The quantitative estimate of drug-likeness (QED) is 0.835. The van der Waals surface area contributed by atoms with Crippen LogP contribution in [0.15, 0.2) is 42.6 Å². The van der Waals surface area contributed by atoms with Gasteiger partial charge in [-0.25, -0.2) is 0 Å². The Morgan fingerprint density at radius 2 is 2.05 bits per heavy atom. The molecule has 0 fully saturated rings. The Hall–Kier alpha value is -1.87. The van der Waals surface area contributed by atoms with E-state index in [4.69, 9.17) is 5.73 Å². The number of aromatic nitrogens is 1. The van der Waals surface area contributed by atoms with Crippen molar-refractivity contribution >= 4 is 5.69 Å². The summed E-state index contributed by atoms with van der Waals surface area (Å²) in [5.41, 5.74) is 10.3. The summed E-state index contributed by atoms with van der Waals surface area (Å²) >= 11 is 0. The van der Waals surface area contributed by atoms with Gasteiger partial charge in [0.2, 0.25) is 0 Å². The Kier molecular flexibility index (Phi) is 4.53. The maximum atomic E-state index is 5.83. The Morgan fingerprint density at radius 3 is 2.74 bits per heavy atom. The number of nitrogens with zero attached hydrogens (tertiary/aromatic N) is 2. The monoisotopic (exact) mass is 255 g/mol. The van der Waals surface area contributed by atoms with E-state index >= 15 is 0 Å². The van der Waals surface area contributed by atoms with Gasteiger partial charge in [0.1, 0.15) is 0 Å². The number of hydrogen-bond acceptors (Lipinski definition) is 3. The Labute approximate surface area is 115 Å².